The summed E-state index contributed by atoms with van der Waals surface area (Å²) in [7, 11) is -2.26. The quantitative estimate of drug-likeness (QED) is 0.773. The van der Waals surface area contributed by atoms with E-state index < -0.39 is 10.0 Å². The molecule has 0 unspecified atom stereocenters. The summed E-state index contributed by atoms with van der Waals surface area (Å²) in [5.74, 6) is 0.427. The van der Waals surface area contributed by atoms with E-state index in [4.69, 9.17) is 27.9 Å². The highest BCUT2D eigenvalue weighted by molar-refractivity contribution is 7.92. The number of benzene rings is 2. The first-order valence-electron chi connectivity index (χ1n) is 6.93. The van der Waals surface area contributed by atoms with Crippen molar-refractivity contribution < 1.29 is 13.2 Å². The van der Waals surface area contributed by atoms with E-state index in [9.17, 15) is 8.42 Å². The Bertz CT molecular complexity index is 822. The number of sulfonamides is 1. The van der Waals surface area contributed by atoms with Gasteiger partial charge < -0.3 is 4.74 Å². The van der Waals surface area contributed by atoms with Gasteiger partial charge in [0, 0.05) is 11.6 Å². The van der Waals surface area contributed by atoms with Gasteiger partial charge in [0.25, 0.3) is 10.0 Å². The van der Waals surface area contributed by atoms with Gasteiger partial charge in [-0.05, 0) is 55.8 Å². The molecule has 0 heterocycles. The molecule has 0 aliphatic rings. The molecule has 7 heteroatoms. The number of halogens is 2. The summed E-state index contributed by atoms with van der Waals surface area (Å²) in [6.07, 6.45) is 0. The Morgan fingerprint density at radius 1 is 1.13 bits per heavy atom. The Kier molecular flexibility index (Phi) is 5.45. The summed E-state index contributed by atoms with van der Waals surface area (Å²) < 4.78 is 32.3. The molecular weight excluding hydrogens is 357 g/mol. The van der Waals surface area contributed by atoms with Crippen LogP contribution in [0, 0.1) is 6.92 Å². The van der Waals surface area contributed by atoms with Crippen LogP contribution in [0.2, 0.25) is 10.0 Å². The third-order valence-electron chi connectivity index (χ3n) is 3.43. The SMILES string of the molecule is CCN(c1ccc(Cl)cc1C)S(=O)(=O)c1ccc(OC)c(Cl)c1. The zero-order valence-corrected chi connectivity index (χ0v) is 15.3. The molecule has 0 atom stereocenters. The number of anilines is 1. The van der Waals surface area contributed by atoms with Gasteiger partial charge in [-0.1, -0.05) is 23.2 Å². The Morgan fingerprint density at radius 2 is 1.83 bits per heavy atom. The Balaban J connectivity index is 2.53. The molecule has 0 bridgehead atoms. The van der Waals surface area contributed by atoms with Gasteiger partial charge in [0.15, 0.2) is 0 Å². The van der Waals surface area contributed by atoms with Gasteiger partial charge >= 0.3 is 0 Å². The molecule has 0 aliphatic heterocycles. The van der Waals surface area contributed by atoms with Crippen molar-refractivity contribution in [2.24, 2.45) is 0 Å². The maximum atomic E-state index is 12.9. The van der Waals surface area contributed by atoms with Crippen LogP contribution in [0.15, 0.2) is 41.3 Å². The second kappa shape index (κ2) is 6.99. The fourth-order valence-electron chi connectivity index (χ4n) is 2.30. The number of nitrogens with zero attached hydrogens (tertiary/aromatic N) is 1. The van der Waals surface area contributed by atoms with Gasteiger partial charge in [-0.25, -0.2) is 8.42 Å². The lowest BCUT2D eigenvalue weighted by molar-refractivity contribution is 0.414. The maximum Gasteiger partial charge on any atom is 0.264 e. The lowest BCUT2D eigenvalue weighted by Gasteiger charge is -2.25. The van der Waals surface area contributed by atoms with Crippen molar-refractivity contribution in [3.05, 3.63) is 52.0 Å². The van der Waals surface area contributed by atoms with Gasteiger partial charge in [0.1, 0.15) is 5.75 Å². The molecule has 0 radical (unpaired) electrons. The molecule has 0 aromatic heterocycles. The molecule has 4 nitrogen and oxygen atoms in total. The normalized spacial score (nSPS) is 11.3. The van der Waals surface area contributed by atoms with Crippen molar-refractivity contribution in [1.82, 2.24) is 0 Å². The van der Waals surface area contributed by atoms with Crippen LogP contribution in [-0.4, -0.2) is 22.1 Å². The molecule has 2 aromatic rings. The van der Waals surface area contributed by atoms with Gasteiger partial charge in [0.05, 0.1) is 22.7 Å². The summed E-state index contributed by atoms with van der Waals surface area (Å²) in [5.41, 5.74) is 1.37. The van der Waals surface area contributed by atoms with E-state index >= 15 is 0 Å². The minimum Gasteiger partial charge on any atom is -0.495 e. The van der Waals surface area contributed by atoms with E-state index in [0.29, 0.717) is 16.5 Å². The summed E-state index contributed by atoms with van der Waals surface area (Å²) in [5, 5.41) is 0.810. The second-order valence-electron chi connectivity index (χ2n) is 4.90. The highest BCUT2D eigenvalue weighted by Gasteiger charge is 2.25. The zero-order chi connectivity index (χ0) is 17.2. The smallest absolute Gasteiger partial charge is 0.264 e. The summed E-state index contributed by atoms with van der Waals surface area (Å²) in [6.45, 7) is 3.88. The third-order valence-corrected chi connectivity index (χ3v) is 5.84. The lowest BCUT2D eigenvalue weighted by Crippen LogP contribution is -2.31. The summed E-state index contributed by atoms with van der Waals surface area (Å²) in [4.78, 5) is 0.111. The zero-order valence-electron chi connectivity index (χ0n) is 13.0. The first kappa shape index (κ1) is 17.9. The molecule has 0 spiro atoms. The highest BCUT2D eigenvalue weighted by Crippen LogP contribution is 2.32. The lowest BCUT2D eigenvalue weighted by atomic mass is 10.2. The van der Waals surface area contributed by atoms with Crippen molar-refractivity contribution in [3.8, 4) is 5.75 Å². The van der Waals surface area contributed by atoms with Crippen molar-refractivity contribution in [3.63, 3.8) is 0 Å². The minimum atomic E-state index is -3.74. The van der Waals surface area contributed by atoms with Crippen LogP contribution in [0.1, 0.15) is 12.5 Å². The topological polar surface area (TPSA) is 46.6 Å². The summed E-state index contributed by atoms with van der Waals surface area (Å²) >= 11 is 12.0. The van der Waals surface area contributed by atoms with Crippen LogP contribution >= 0.6 is 23.2 Å². The monoisotopic (exact) mass is 373 g/mol. The van der Waals surface area contributed by atoms with E-state index in [1.807, 2.05) is 6.92 Å². The number of methoxy groups -OCH3 is 1. The van der Waals surface area contributed by atoms with Crippen molar-refractivity contribution >= 4 is 38.9 Å². The fourth-order valence-corrected chi connectivity index (χ4v) is 4.42. The average molecular weight is 374 g/mol. The number of hydrogen-bond donors (Lipinski definition) is 0. The molecule has 2 aromatic carbocycles. The van der Waals surface area contributed by atoms with E-state index in [0.717, 1.165) is 5.56 Å². The van der Waals surface area contributed by atoms with E-state index in [1.165, 1.54) is 29.6 Å². The second-order valence-corrected chi connectivity index (χ2v) is 7.60. The van der Waals surface area contributed by atoms with Gasteiger partial charge in [-0.2, -0.15) is 0 Å². The van der Waals surface area contributed by atoms with E-state index in [1.54, 1.807) is 25.1 Å². The van der Waals surface area contributed by atoms with Crippen LogP contribution in [0.3, 0.4) is 0 Å². The van der Waals surface area contributed by atoms with E-state index in [2.05, 4.69) is 0 Å². The van der Waals surface area contributed by atoms with Crippen molar-refractivity contribution in [2.45, 2.75) is 18.7 Å². The Labute approximate surface area is 146 Å². The molecular formula is C16H17Cl2NO3S. The van der Waals surface area contributed by atoms with Crippen LogP contribution in [0.25, 0.3) is 0 Å². The average Bonchev–Trinajstić information content (AvgIpc) is 2.49. The number of ether oxygens (including phenoxy) is 1. The Morgan fingerprint density at radius 3 is 2.35 bits per heavy atom. The molecule has 0 saturated heterocycles. The summed E-state index contributed by atoms with van der Waals surface area (Å²) in [6, 6.07) is 9.51. The van der Waals surface area contributed by atoms with Crippen molar-refractivity contribution in [2.75, 3.05) is 18.0 Å². The first-order valence-corrected chi connectivity index (χ1v) is 9.13. The molecule has 0 fully saturated rings. The predicted molar refractivity (Wildman–Crippen MR) is 94.4 cm³/mol. The molecule has 0 aliphatic carbocycles. The van der Waals surface area contributed by atoms with Crippen LogP contribution in [0.5, 0.6) is 5.75 Å². The largest absolute Gasteiger partial charge is 0.495 e. The highest BCUT2D eigenvalue weighted by atomic mass is 35.5. The number of rotatable bonds is 5. The minimum absolute atomic E-state index is 0.111. The van der Waals surface area contributed by atoms with Crippen molar-refractivity contribution in [1.29, 1.82) is 0 Å². The van der Waals surface area contributed by atoms with Crippen LogP contribution in [-0.2, 0) is 10.0 Å². The molecule has 2 rings (SSSR count). The molecule has 0 amide bonds. The third kappa shape index (κ3) is 3.57. The Hall–Kier alpha value is -1.43. The maximum absolute atomic E-state index is 12.9. The predicted octanol–water partition coefficient (Wildman–Crippen LogP) is 4.53. The standard InChI is InChI=1S/C16H17Cl2NO3S/c1-4-19(15-7-5-12(17)9-11(15)2)23(20,21)13-6-8-16(22-3)14(18)10-13/h5-10H,4H2,1-3H3. The van der Waals surface area contributed by atoms with Gasteiger partial charge in [-0.15, -0.1) is 0 Å². The van der Waals surface area contributed by atoms with Gasteiger partial charge in [0.2, 0.25) is 0 Å². The van der Waals surface area contributed by atoms with E-state index in [-0.39, 0.29) is 16.5 Å². The molecule has 0 saturated carbocycles. The first-order chi connectivity index (χ1) is 10.8. The molecule has 124 valence electrons. The number of hydrogen-bond acceptors (Lipinski definition) is 3. The number of aryl methyl sites for hydroxylation is 1. The molecule has 0 N–H and O–H groups in total. The van der Waals surface area contributed by atoms with Crippen LogP contribution in [0.4, 0.5) is 5.69 Å². The fraction of sp³-hybridized carbons (Fsp3) is 0.250. The van der Waals surface area contributed by atoms with Gasteiger partial charge in [-0.3, -0.25) is 4.31 Å². The molecule has 23 heavy (non-hydrogen) atoms. The van der Waals surface area contributed by atoms with Crippen LogP contribution < -0.4 is 9.04 Å².